The number of aliphatic hydroxyl groups excluding tert-OH is 1. The van der Waals surface area contributed by atoms with Crippen LogP contribution < -0.4 is 10.1 Å². The van der Waals surface area contributed by atoms with E-state index in [1.807, 2.05) is 0 Å². The van der Waals surface area contributed by atoms with Crippen LogP contribution in [0, 0.1) is 11.8 Å². The molecule has 0 aromatic heterocycles. The monoisotopic (exact) mass is 263 g/mol. The molecule has 0 aliphatic rings. The smallest absolute Gasteiger partial charge is 0.326 e. The number of carbonyl (C=O) groups is 1. The molecule has 0 saturated carbocycles. The summed E-state index contributed by atoms with van der Waals surface area (Å²) in [6, 6.07) is 7.20. The molecular weight excluding hydrogens is 246 g/mol. The second-order valence-electron chi connectivity index (χ2n) is 3.69. The zero-order valence-corrected chi connectivity index (χ0v) is 11.0. The Hall–Kier alpha value is -2.19. The first kappa shape index (κ1) is 14.9. The Morgan fingerprint density at radius 1 is 1.42 bits per heavy atom. The predicted octanol–water partition coefficient (Wildman–Crippen LogP) is 1.03. The molecule has 1 rings (SSSR count). The number of hydrogen-bond donors (Lipinski definition) is 2. The lowest BCUT2D eigenvalue weighted by Gasteiger charge is -2.09. The minimum Gasteiger partial charge on any atom is -0.497 e. The molecule has 0 aliphatic heterocycles. The summed E-state index contributed by atoms with van der Waals surface area (Å²) in [7, 11) is 1.59. The lowest BCUT2D eigenvalue weighted by Crippen LogP contribution is -2.21. The Bertz CT molecular complexity index is 459. The second-order valence-corrected chi connectivity index (χ2v) is 3.69. The third-order valence-electron chi connectivity index (χ3n) is 2.22. The Labute approximate surface area is 112 Å². The van der Waals surface area contributed by atoms with Crippen LogP contribution in [0.4, 0.5) is 5.69 Å². The average molecular weight is 263 g/mol. The highest BCUT2D eigenvalue weighted by Crippen LogP contribution is 2.14. The molecule has 1 aromatic rings. The Kier molecular flexibility index (Phi) is 6.27. The fourth-order valence-corrected chi connectivity index (χ4v) is 1.34. The topological polar surface area (TPSA) is 67.8 Å². The van der Waals surface area contributed by atoms with Gasteiger partial charge < -0.3 is 19.9 Å². The van der Waals surface area contributed by atoms with E-state index < -0.39 is 12.1 Å². The van der Waals surface area contributed by atoms with Crippen LogP contribution in [-0.2, 0) is 9.53 Å². The van der Waals surface area contributed by atoms with Crippen LogP contribution >= 0.6 is 0 Å². The van der Waals surface area contributed by atoms with Crippen molar-refractivity contribution in [3.63, 3.8) is 0 Å². The number of ether oxygens (including phenoxy) is 2. The van der Waals surface area contributed by atoms with Gasteiger partial charge in [0.25, 0.3) is 0 Å². The molecule has 2 N–H and O–H groups in total. The van der Waals surface area contributed by atoms with Gasteiger partial charge in [-0.3, -0.25) is 4.79 Å². The molecule has 1 atom stereocenters. The maximum absolute atomic E-state index is 11.5. The molecule has 0 amide bonds. The van der Waals surface area contributed by atoms with Crippen molar-refractivity contribution in [3.8, 4) is 17.6 Å². The standard InChI is InChI=1S/C14H17NO4/c1-11(4-3-9-16)19-14(17)10-15-12-5-7-13(18-2)8-6-12/h5-8,11,15-16H,9-10H2,1-2H3. The first-order chi connectivity index (χ1) is 9.15. The van der Waals surface area contributed by atoms with Crippen molar-refractivity contribution >= 4 is 11.7 Å². The molecule has 1 unspecified atom stereocenters. The van der Waals surface area contributed by atoms with E-state index in [9.17, 15) is 4.79 Å². The summed E-state index contributed by atoms with van der Waals surface area (Å²) in [6.07, 6.45) is -0.530. The molecule has 0 spiro atoms. The van der Waals surface area contributed by atoms with Crippen molar-refractivity contribution in [2.24, 2.45) is 0 Å². The molecule has 102 valence electrons. The molecule has 0 heterocycles. The van der Waals surface area contributed by atoms with Gasteiger partial charge in [-0.15, -0.1) is 0 Å². The van der Waals surface area contributed by atoms with Crippen LogP contribution in [0.25, 0.3) is 0 Å². The van der Waals surface area contributed by atoms with E-state index >= 15 is 0 Å². The Balaban J connectivity index is 2.37. The van der Waals surface area contributed by atoms with Crippen LogP contribution in [0.3, 0.4) is 0 Å². The van der Waals surface area contributed by atoms with Gasteiger partial charge in [0.05, 0.1) is 7.11 Å². The van der Waals surface area contributed by atoms with E-state index in [1.54, 1.807) is 38.3 Å². The van der Waals surface area contributed by atoms with E-state index in [0.717, 1.165) is 11.4 Å². The molecule has 19 heavy (non-hydrogen) atoms. The van der Waals surface area contributed by atoms with Crippen molar-refractivity contribution in [1.29, 1.82) is 0 Å². The molecule has 0 bridgehead atoms. The lowest BCUT2D eigenvalue weighted by molar-refractivity contribution is -0.143. The first-order valence-corrected chi connectivity index (χ1v) is 5.82. The highest BCUT2D eigenvalue weighted by atomic mass is 16.5. The number of nitrogens with one attached hydrogen (secondary N) is 1. The number of hydrogen-bond acceptors (Lipinski definition) is 5. The highest BCUT2D eigenvalue weighted by Gasteiger charge is 2.06. The van der Waals surface area contributed by atoms with E-state index in [0.29, 0.717) is 0 Å². The average Bonchev–Trinajstić information content (AvgIpc) is 2.43. The molecule has 5 nitrogen and oxygen atoms in total. The first-order valence-electron chi connectivity index (χ1n) is 5.82. The van der Waals surface area contributed by atoms with Gasteiger partial charge in [0.15, 0.2) is 6.10 Å². The molecule has 0 aliphatic carbocycles. The summed E-state index contributed by atoms with van der Waals surface area (Å²) >= 11 is 0. The van der Waals surface area contributed by atoms with Gasteiger partial charge in [-0.25, -0.2) is 0 Å². The molecule has 1 aromatic carbocycles. The zero-order valence-electron chi connectivity index (χ0n) is 11.0. The number of anilines is 1. The van der Waals surface area contributed by atoms with Gasteiger partial charge in [0, 0.05) is 5.69 Å². The SMILES string of the molecule is COc1ccc(NCC(=O)OC(C)C#CCO)cc1. The van der Waals surface area contributed by atoms with Gasteiger partial charge in [0.1, 0.15) is 18.9 Å². The number of esters is 1. The van der Waals surface area contributed by atoms with E-state index in [1.165, 1.54) is 0 Å². The Morgan fingerprint density at radius 2 is 2.11 bits per heavy atom. The van der Waals surface area contributed by atoms with Crippen molar-refractivity contribution in [3.05, 3.63) is 24.3 Å². The third kappa shape index (κ3) is 5.80. The quantitative estimate of drug-likeness (QED) is 0.613. The summed E-state index contributed by atoms with van der Waals surface area (Å²) in [5.74, 6) is 5.37. The van der Waals surface area contributed by atoms with Gasteiger partial charge in [-0.2, -0.15) is 0 Å². The second kappa shape index (κ2) is 8.01. The van der Waals surface area contributed by atoms with Crippen LogP contribution in [0.15, 0.2) is 24.3 Å². The number of aliphatic hydroxyl groups is 1. The highest BCUT2D eigenvalue weighted by molar-refractivity contribution is 5.75. The summed E-state index contributed by atoms with van der Waals surface area (Å²) in [4.78, 5) is 11.5. The van der Waals surface area contributed by atoms with Crippen LogP contribution in [-0.4, -0.2) is 37.4 Å². The van der Waals surface area contributed by atoms with E-state index in [-0.39, 0.29) is 13.2 Å². The van der Waals surface area contributed by atoms with Gasteiger partial charge in [0.2, 0.25) is 0 Å². The van der Waals surface area contributed by atoms with Crippen LogP contribution in [0.5, 0.6) is 5.75 Å². The molecule has 5 heteroatoms. The molecule has 0 radical (unpaired) electrons. The van der Waals surface area contributed by atoms with Crippen LogP contribution in [0.1, 0.15) is 6.92 Å². The molecule has 0 fully saturated rings. The minimum atomic E-state index is -0.530. The summed E-state index contributed by atoms with van der Waals surface area (Å²) in [5.41, 5.74) is 0.798. The fourth-order valence-electron chi connectivity index (χ4n) is 1.34. The maximum Gasteiger partial charge on any atom is 0.326 e. The van der Waals surface area contributed by atoms with Gasteiger partial charge in [-0.05, 0) is 31.2 Å². The molecule has 0 saturated heterocycles. The van der Waals surface area contributed by atoms with Crippen molar-refractivity contribution in [2.75, 3.05) is 25.6 Å². The number of carbonyl (C=O) groups excluding carboxylic acids is 1. The number of benzene rings is 1. The van der Waals surface area contributed by atoms with Gasteiger partial charge >= 0.3 is 5.97 Å². The summed E-state index contributed by atoms with van der Waals surface area (Å²) < 4.78 is 10.0. The van der Waals surface area contributed by atoms with Crippen LogP contribution in [0.2, 0.25) is 0 Å². The lowest BCUT2D eigenvalue weighted by atomic mass is 10.3. The van der Waals surface area contributed by atoms with E-state index in [2.05, 4.69) is 17.2 Å². The number of methoxy groups -OCH3 is 1. The van der Waals surface area contributed by atoms with E-state index in [4.69, 9.17) is 14.6 Å². The summed E-state index contributed by atoms with van der Waals surface area (Å²) in [6.45, 7) is 1.46. The Morgan fingerprint density at radius 3 is 2.68 bits per heavy atom. The van der Waals surface area contributed by atoms with Crippen molar-refractivity contribution in [2.45, 2.75) is 13.0 Å². The normalized spacial score (nSPS) is 10.9. The predicted molar refractivity (Wildman–Crippen MR) is 71.9 cm³/mol. The van der Waals surface area contributed by atoms with Gasteiger partial charge in [-0.1, -0.05) is 11.8 Å². The maximum atomic E-state index is 11.5. The third-order valence-corrected chi connectivity index (χ3v) is 2.22. The summed E-state index contributed by atoms with van der Waals surface area (Å²) in [5, 5.41) is 11.4. The van der Waals surface area contributed by atoms with Crippen molar-refractivity contribution in [1.82, 2.24) is 0 Å². The fraction of sp³-hybridized carbons (Fsp3) is 0.357. The van der Waals surface area contributed by atoms with Crippen molar-refractivity contribution < 1.29 is 19.4 Å². The molecular formula is C14H17NO4. The largest absolute Gasteiger partial charge is 0.497 e. The minimum absolute atomic E-state index is 0.0530. The zero-order chi connectivity index (χ0) is 14.1. The number of rotatable bonds is 5.